The normalized spacial score (nSPS) is 19.6. The molecule has 1 aliphatic rings. The maximum atomic E-state index is 12.0. The minimum Gasteiger partial charge on any atom is -0.359 e. The average Bonchev–Trinajstić information content (AvgIpc) is 2.98. The SMILES string of the molecule is CCC1(CC)CCN(CC(=O)c2ccc[nH]2)C1. The van der Waals surface area contributed by atoms with Gasteiger partial charge in [0.15, 0.2) is 5.78 Å². The zero-order valence-corrected chi connectivity index (χ0v) is 10.8. The summed E-state index contributed by atoms with van der Waals surface area (Å²) in [6.07, 6.45) is 5.48. The lowest BCUT2D eigenvalue weighted by atomic mass is 9.82. The van der Waals surface area contributed by atoms with Crippen molar-refractivity contribution in [2.45, 2.75) is 33.1 Å². The van der Waals surface area contributed by atoms with Crippen molar-refractivity contribution in [2.24, 2.45) is 5.41 Å². The molecule has 0 atom stereocenters. The summed E-state index contributed by atoms with van der Waals surface area (Å²) in [5.41, 5.74) is 1.19. The Hall–Kier alpha value is -1.09. The Morgan fingerprint density at radius 2 is 2.24 bits per heavy atom. The van der Waals surface area contributed by atoms with Gasteiger partial charge in [-0.2, -0.15) is 0 Å². The second-order valence-corrected chi connectivity index (χ2v) is 5.17. The number of nitrogens with one attached hydrogen (secondary N) is 1. The van der Waals surface area contributed by atoms with Gasteiger partial charge in [-0.05, 0) is 43.4 Å². The van der Waals surface area contributed by atoms with Crippen LogP contribution in [0.15, 0.2) is 18.3 Å². The van der Waals surface area contributed by atoms with Gasteiger partial charge < -0.3 is 4.98 Å². The number of carbonyl (C=O) groups excluding carboxylic acids is 1. The number of nitrogens with zero attached hydrogens (tertiary/aromatic N) is 1. The van der Waals surface area contributed by atoms with Crippen LogP contribution in [0.2, 0.25) is 0 Å². The number of aromatic amines is 1. The third-order valence-corrected chi connectivity index (χ3v) is 4.28. The Balaban J connectivity index is 1.92. The minimum absolute atomic E-state index is 0.206. The molecule has 0 aliphatic carbocycles. The number of rotatable bonds is 5. The molecule has 1 N–H and O–H groups in total. The Kier molecular flexibility index (Phi) is 3.67. The van der Waals surface area contributed by atoms with Gasteiger partial charge in [-0.25, -0.2) is 0 Å². The molecule has 3 heteroatoms. The van der Waals surface area contributed by atoms with Crippen molar-refractivity contribution in [1.82, 2.24) is 9.88 Å². The summed E-state index contributed by atoms with van der Waals surface area (Å²) in [5, 5.41) is 0. The van der Waals surface area contributed by atoms with Crippen molar-refractivity contribution in [3.05, 3.63) is 24.0 Å². The first kappa shape index (κ1) is 12.4. The summed E-state index contributed by atoms with van der Waals surface area (Å²) in [7, 11) is 0. The fraction of sp³-hybridized carbons (Fsp3) is 0.643. The molecule has 1 aliphatic heterocycles. The van der Waals surface area contributed by atoms with E-state index in [0.717, 1.165) is 18.8 Å². The zero-order chi connectivity index (χ0) is 12.3. The highest BCUT2D eigenvalue weighted by Gasteiger charge is 2.35. The Labute approximate surface area is 103 Å². The van der Waals surface area contributed by atoms with E-state index in [1.807, 2.05) is 12.1 Å². The molecule has 17 heavy (non-hydrogen) atoms. The van der Waals surface area contributed by atoms with Gasteiger partial charge in [0.25, 0.3) is 0 Å². The second kappa shape index (κ2) is 5.05. The van der Waals surface area contributed by atoms with Crippen LogP contribution in [0.5, 0.6) is 0 Å². The Morgan fingerprint density at radius 1 is 1.47 bits per heavy atom. The van der Waals surface area contributed by atoms with Crippen LogP contribution in [0, 0.1) is 5.41 Å². The molecule has 3 nitrogen and oxygen atoms in total. The summed E-state index contributed by atoms with van der Waals surface area (Å²) < 4.78 is 0. The van der Waals surface area contributed by atoms with Crippen molar-refractivity contribution in [3.63, 3.8) is 0 Å². The lowest BCUT2D eigenvalue weighted by molar-refractivity contribution is 0.0932. The maximum Gasteiger partial charge on any atom is 0.192 e. The van der Waals surface area contributed by atoms with Crippen molar-refractivity contribution in [1.29, 1.82) is 0 Å². The zero-order valence-electron chi connectivity index (χ0n) is 10.8. The summed E-state index contributed by atoms with van der Waals surface area (Å²) in [5.74, 6) is 0.206. The molecule has 0 amide bonds. The van der Waals surface area contributed by atoms with Crippen LogP contribution in [0.25, 0.3) is 0 Å². The summed E-state index contributed by atoms with van der Waals surface area (Å²) in [4.78, 5) is 17.3. The quantitative estimate of drug-likeness (QED) is 0.795. The van der Waals surface area contributed by atoms with Gasteiger partial charge in [-0.3, -0.25) is 9.69 Å². The first-order valence-corrected chi connectivity index (χ1v) is 6.58. The van der Waals surface area contributed by atoms with E-state index >= 15 is 0 Å². The summed E-state index contributed by atoms with van der Waals surface area (Å²) in [6.45, 7) is 7.22. The monoisotopic (exact) mass is 234 g/mol. The molecule has 2 heterocycles. The predicted octanol–water partition coefficient (Wildman–Crippen LogP) is 2.71. The van der Waals surface area contributed by atoms with E-state index < -0.39 is 0 Å². The number of carbonyl (C=O) groups is 1. The van der Waals surface area contributed by atoms with Crippen LogP contribution in [-0.4, -0.2) is 35.3 Å². The smallest absolute Gasteiger partial charge is 0.192 e. The highest BCUT2D eigenvalue weighted by atomic mass is 16.1. The van der Waals surface area contributed by atoms with Crippen LogP contribution in [0.1, 0.15) is 43.6 Å². The minimum atomic E-state index is 0.206. The van der Waals surface area contributed by atoms with Crippen LogP contribution in [0.3, 0.4) is 0 Å². The molecular weight excluding hydrogens is 212 g/mol. The Morgan fingerprint density at radius 3 is 2.76 bits per heavy atom. The standard InChI is InChI=1S/C14H22N2O/c1-3-14(4-2)7-9-16(11-14)10-13(17)12-6-5-8-15-12/h5-6,8,15H,3-4,7,9-11H2,1-2H3. The highest BCUT2D eigenvalue weighted by Crippen LogP contribution is 2.36. The summed E-state index contributed by atoms with van der Waals surface area (Å²) >= 11 is 0. The van der Waals surface area contributed by atoms with Crippen LogP contribution in [0.4, 0.5) is 0 Å². The predicted molar refractivity (Wildman–Crippen MR) is 69.2 cm³/mol. The van der Waals surface area contributed by atoms with Crippen LogP contribution >= 0.6 is 0 Å². The third-order valence-electron chi connectivity index (χ3n) is 4.28. The first-order chi connectivity index (χ1) is 8.19. The fourth-order valence-corrected chi connectivity index (χ4v) is 2.78. The molecule has 0 bridgehead atoms. The van der Waals surface area contributed by atoms with Gasteiger partial charge in [-0.15, -0.1) is 0 Å². The topological polar surface area (TPSA) is 36.1 Å². The van der Waals surface area contributed by atoms with E-state index in [2.05, 4.69) is 23.7 Å². The summed E-state index contributed by atoms with van der Waals surface area (Å²) in [6, 6.07) is 3.73. The van der Waals surface area contributed by atoms with E-state index in [4.69, 9.17) is 0 Å². The van der Waals surface area contributed by atoms with Gasteiger partial charge >= 0.3 is 0 Å². The first-order valence-electron chi connectivity index (χ1n) is 6.58. The second-order valence-electron chi connectivity index (χ2n) is 5.17. The molecule has 94 valence electrons. The number of Topliss-reactive ketones (excluding diaryl/α,β-unsaturated/α-hetero) is 1. The number of H-pyrrole nitrogens is 1. The van der Waals surface area contributed by atoms with Gasteiger partial charge in [0.1, 0.15) is 0 Å². The molecule has 1 saturated heterocycles. The number of likely N-dealkylation sites (tertiary alicyclic amines) is 1. The molecule has 0 saturated carbocycles. The van der Waals surface area contributed by atoms with Crippen molar-refractivity contribution in [2.75, 3.05) is 19.6 Å². The molecular formula is C14H22N2O. The molecule has 1 aromatic heterocycles. The molecule has 2 rings (SSSR count). The maximum absolute atomic E-state index is 12.0. The largest absolute Gasteiger partial charge is 0.359 e. The van der Waals surface area contributed by atoms with E-state index in [0.29, 0.717) is 12.0 Å². The van der Waals surface area contributed by atoms with E-state index in [9.17, 15) is 4.79 Å². The number of ketones is 1. The third kappa shape index (κ3) is 2.60. The number of hydrogen-bond donors (Lipinski definition) is 1. The molecule has 0 radical (unpaired) electrons. The van der Waals surface area contributed by atoms with Gasteiger partial charge in [0, 0.05) is 12.7 Å². The highest BCUT2D eigenvalue weighted by molar-refractivity contribution is 5.95. The van der Waals surface area contributed by atoms with Crippen LogP contribution < -0.4 is 0 Å². The van der Waals surface area contributed by atoms with Gasteiger partial charge in [0.2, 0.25) is 0 Å². The number of aromatic nitrogens is 1. The lowest BCUT2D eigenvalue weighted by Crippen LogP contribution is -2.31. The molecule has 0 spiro atoms. The van der Waals surface area contributed by atoms with E-state index in [1.54, 1.807) is 6.20 Å². The van der Waals surface area contributed by atoms with Crippen molar-refractivity contribution >= 4 is 5.78 Å². The molecule has 1 aromatic rings. The number of hydrogen-bond acceptors (Lipinski definition) is 2. The lowest BCUT2D eigenvalue weighted by Gasteiger charge is -2.26. The molecule has 0 aromatic carbocycles. The van der Waals surface area contributed by atoms with E-state index in [1.165, 1.54) is 19.3 Å². The fourth-order valence-electron chi connectivity index (χ4n) is 2.78. The molecule has 0 unspecified atom stereocenters. The Bertz CT molecular complexity index is 366. The van der Waals surface area contributed by atoms with Crippen LogP contribution in [-0.2, 0) is 0 Å². The average molecular weight is 234 g/mol. The van der Waals surface area contributed by atoms with Gasteiger partial charge in [-0.1, -0.05) is 13.8 Å². The van der Waals surface area contributed by atoms with Gasteiger partial charge in [0.05, 0.1) is 12.2 Å². The van der Waals surface area contributed by atoms with Crippen molar-refractivity contribution in [3.8, 4) is 0 Å². The van der Waals surface area contributed by atoms with Crippen molar-refractivity contribution < 1.29 is 4.79 Å². The van der Waals surface area contributed by atoms with E-state index in [-0.39, 0.29) is 5.78 Å². The molecule has 1 fully saturated rings.